The summed E-state index contributed by atoms with van der Waals surface area (Å²) in [5.74, 6) is 2.16. The first-order valence-corrected chi connectivity index (χ1v) is 9.81. The van der Waals surface area contributed by atoms with Gasteiger partial charge in [0, 0.05) is 25.2 Å². The average Bonchev–Trinajstić information content (AvgIpc) is 3.30. The second-order valence-corrected chi connectivity index (χ2v) is 7.43. The van der Waals surface area contributed by atoms with Crippen LogP contribution in [0.5, 0.6) is 5.75 Å². The summed E-state index contributed by atoms with van der Waals surface area (Å²) in [4.78, 5) is 19.5. The maximum absolute atomic E-state index is 12.2. The minimum atomic E-state index is -0.164. The summed E-state index contributed by atoms with van der Waals surface area (Å²) in [6.45, 7) is 2.05. The maximum Gasteiger partial charge on any atom is 0.264 e. The fraction of sp³-hybridized carbons (Fsp3) is 0.300. The Bertz CT molecular complexity index is 886. The number of ether oxygens (including phenoxy) is 1. The molecule has 1 amide bonds. The summed E-state index contributed by atoms with van der Waals surface area (Å²) in [7, 11) is 1.62. The molecule has 0 bridgehead atoms. The molecule has 3 heterocycles. The van der Waals surface area contributed by atoms with Crippen LogP contribution in [0.1, 0.15) is 25.0 Å². The minimum absolute atomic E-state index is 0. The maximum atomic E-state index is 12.2. The van der Waals surface area contributed by atoms with Crippen LogP contribution < -0.4 is 15.0 Å². The Morgan fingerprint density at radius 1 is 1.14 bits per heavy atom. The van der Waals surface area contributed by atoms with E-state index in [-0.39, 0.29) is 18.3 Å². The Labute approximate surface area is 174 Å². The summed E-state index contributed by atoms with van der Waals surface area (Å²) >= 11 is 1.31. The Morgan fingerprint density at radius 2 is 1.89 bits per heavy atom. The normalized spacial score (nSPS) is 19.6. The molecule has 1 N–H and O–H groups in total. The predicted octanol–water partition coefficient (Wildman–Crippen LogP) is 4.59. The van der Waals surface area contributed by atoms with Gasteiger partial charge in [-0.25, -0.2) is 4.99 Å². The standard InChI is InChI=1S/C20H21N3O3S.ClH/c1-25-15-7-5-14(6-8-15)21-20-22-19(24)17(27-20)13-16-9-10-18(26-16)23-11-3-2-4-12-23;/h5-10,13H,2-4,11-12H2,1H3,(H,21,22,24);1H. The Morgan fingerprint density at radius 3 is 2.61 bits per heavy atom. The molecule has 148 valence electrons. The third kappa shape index (κ3) is 4.72. The molecule has 2 aromatic rings. The number of nitrogens with zero attached hydrogens (tertiary/aromatic N) is 2. The lowest BCUT2D eigenvalue weighted by Crippen LogP contribution is -2.28. The zero-order valence-electron chi connectivity index (χ0n) is 15.5. The van der Waals surface area contributed by atoms with E-state index in [9.17, 15) is 4.79 Å². The number of hydrogen-bond donors (Lipinski definition) is 1. The van der Waals surface area contributed by atoms with Crippen LogP contribution in [-0.4, -0.2) is 31.3 Å². The van der Waals surface area contributed by atoms with Gasteiger partial charge in [-0.1, -0.05) is 0 Å². The number of hydrogen-bond acceptors (Lipinski definition) is 6. The van der Waals surface area contributed by atoms with Gasteiger partial charge < -0.3 is 19.4 Å². The number of amides is 1. The number of rotatable bonds is 4. The van der Waals surface area contributed by atoms with Gasteiger partial charge in [-0.3, -0.25) is 4.79 Å². The average molecular weight is 420 g/mol. The summed E-state index contributed by atoms with van der Waals surface area (Å²) in [5, 5.41) is 3.35. The van der Waals surface area contributed by atoms with Crippen molar-refractivity contribution in [1.82, 2.24) is 5.32 Å². The highest BCUT2D eigenvalue weighted by Crippen LogP contribution is 2.30. The van der Waals surface area contributed by atoms with Gasteiger partial charge in [-0.15, -0.1) is 12.4 Å². The molecule has 28 heavy (non-hydrogen) atoms. The van der Waals surface area contributed by atoms with Gasteiger partial charge in [0.15, 0.2) is 11.1 Å². The number of furan rings is 1. The third-order valence-corrected chi connectivity index (χ3v) is 5.42. The highest BCUT2D eigenvalue weighted by atomic mass is 35.5. The van der Waals surface area contributed by atoms with E-state index in [4.69, 9.17) is 9.15 Å². The Hall–Kier alpha value is -2.38. The van der Waals surface area contributed by atoms with Crippen molar-refractivity contribution < 1.29 is 13.9 Å². The number of piperidine rings is 1. The first-order chi connectivity index (χ1) is 13.2. The predicted molar refractivity (Wildman–Crippen MR) is 116 cm³/mol. The van der Waals surface area contributed by atoms with Gasteiger partial charge in [0.2, 0.25) is 0 Å². The smallest absolute Gasteiger partial charge is 0.264 e. The van der Waals surface area contributed by atoms with Crippen LogP contribution in [0.4, 0.5) is 11.6 Å². The van der Waals surface area contributed by atoms with Crippen LogP contribution in [0, 0.1) is 0 Å². The molecule has 2 aliphatic heterocycles. The molecular weight excluding hydrogens is 398 g/mol. The van der Waals surface area contributed by atoms with E-state index in [1.54, 1.807) is 13.2 Å². The van der Waals surface area contributed by atoms with Crippen LogP contribution in [0.3, 0.4) is 0 Å². The number of carbonyl (C=O) groups is 1. The number of nitrogens with one attached hydrogen (secondary N) is 1. The number of methoxy groups -OCH3 is 1. The van der Waals surface area contributed by atoms with Crippen LogP contribution in [-0.2, 0) is 4.79 Å². The number of anilines is 1. The van der Waals surface area contributed by atoms with Crippen molar-refractivity contribution in [2.45, 2.75) is 19.3 Å². The second-order valence-electron chi connectivity index (χ2n) is 6.40. The number of aliphatic imine (C=N–C) groups is 1. The molecule has 0 radical (unpaired) electrons. The highest BCUT2D eigenvalue weighted by Gasteiger charge is 2.24. The molecule has 1 aromatic heterocycles. The zero-order chi connectivity index (χ0) is 18.6. The van der Waals surface area contributed by atoms with E-state index < -0.39 is 0 Å². The Balaban J connectivity index is 0.00000225. The van der Waals surface area contributed by atoms with Crippen molar-refractivity contribution in [3.8, 4) is 5.75 Å². The Kier molecular flexibility index (Phi) is 6.70. The van der Waals surface area contributed by atoms with E-state index >= 15 is 0 Å². The molecular formula is C20H22ClN3O3S. The number of amidine groups is 1. The lowest BCUT2D eigenvalue weighted by atomic mass is 10.1. The first-order valence-electron chi connectivity index (χ1n) is 9.00. The summed E-state index contributed by atoms with van der Waals surface area (Å²) in [5.41, 5.74) is 0.755. The monoisotopic (exact) mass is 419 g/mol. The molecule has 0 spiro atoms. The molecule has 6 nitrogen and oxygen atoms in total. The van der Waals surface area contributed by atoms with Crippen molar-refractivity contribution in [3.05, 3.63) is 47.1 Å². The SMILES string of the molecule is COc1ccc(N=C2NC(=O)C(=Cc3ccc(N4CCCCC4)o3)S2)cc1.Cl. The molecule has 0 unspecified atom stereocenters. The molecule has 0 aliphatic carbocycles. The fourth-order valence-electron chi connectivity index (χ4n) is 3.09. The number of halogens is 1. The highest BCUT2D eigenvalue weighted by molar-refractivity contribution is 8.18. The number of carbonyl (C=O) groups excluding carboxylic acids is 1. The molecule has 0 atom stereocenters. The van der Waals surface area contributed by atoms with E-state index in [2.05, 4.69) is 15.2 Å². The quantitative estimate of drug-likeness (QED) is 0.734. The van der Waals surface area contributed by atoms with Gasteiger partial charge in [0.05, 0.1) is 17.7 Å². The molecule has 8 heteroatoms. The van der Waals surface area contributed by atoms with Gasteiger partial charge >= 0.3 is 0 Å². The van der Waals surface area contributed by atoms with Crippen LogP contribution in [0.2, 0.25) is 0 Å². The van der Waals surface area contributed by atoms with Crippen molar-refractivity contribution in [2.75, 3.05) is 25.1 Å². The summed E-state index contributed by atoms with van der Waals surface area (Å²) in [6, 6.07) is 11.2. The van der Waals surface area contributed by atoms with E-state index in [1.165, 1.54) is 31.0 Å². The van der Waals surface area contributed by atoms with Crippen molar-refractivity contribution >= 4 is 52.9 Å². The lowest BCUT2D eigenvalue weighted by Gasteiger charge is -2.25. The zero-order valence-corrected chi connectivity index (χ0v) is 17.1. The number of benzene rings is 1. The molecule has 0 saturated carbocycles. The van der Waals surface area contributed by atoms with Crippen LogP contribution in [0.25, 0.3) is 6.08 Å². The summed E-state index contributed by atoms with van der Waals surface area (Å²) in [6.07, 6.45) is 5.44. The molecule has 2 fully saturated rings. The van der Waals surface area contributed by atoms with Crippen molar-refractivity contribution in [1.29, 1.82) is 0 Å². The topological polar surface area (TPSA) is 67.1 Å². The van der Waals surface area contributed by atoms with E-state index in [0.717, 1.165) is 30.4 Å². The molecule has 1 aromatic carbocycles. The minimum Gasteiger partial charge on any atom is -0.497 e. The molecule has 2 aliphatic rings. The molecule has 2 saturated heterocycles. The van der Waals surface area contributed by atoms with Gasteiger partial charge in [-0.05, 0) is 61.4 Å². The first kappa shape index (κ1) is 20.4. The fourth-order valence-corrected chi connectivity index (χ4v) is 3.91. The lowest BCUT2D eigenvalue weighted by molar-refractivity contribution is -0.115. The van der Waals surface area contributed by atoms with Gasteiger partial charge in [0.25, 0.3) is 5.91 Å². The molecule has 4 rings (SSSR count). The van der Waals surface area contributed by atoms with Crippen molar-refractivity contribution in [2.24, 2.45) is 4.99 Å². The van der Waals surface area contributed by atoms with Gasteiger partial charge in [0.1, 0.15) is 11.5 Å². The summed E-state index contributed by atoms with van der Waals surface area (Å²) < 4.78 is 11.1. The van der Waals surface area contributed by atoms with Crippen LogP contribution in [0.15, 0.2) is 50.7 Å². The second kappa shape index (κ2) is 9.21. The van der Waals surface area contributed by atoms with Crippen molar-refractivity contribution in [3.63, 3.8) is 0 Å². The van der Waals surface area contributed by atoms with E-state index in [1.807, 2.05) is 36.4 Å². The van der Waals surface area contributed by atoms with Crippen LogP contribution >= 0.6 is 24.2 Å². The van der Waals surface area contributed by atoms with Gasteiger partial charge in [-0.2, -0.15) is 0 Å². The van der Waals surface area contributed by atoms with E-state index in [0.29, 0.717) is 15.8 Å². The third-order valence-electron chi connectivity index (χ3n) is 4.51. The number of thioether (sulfide) groups is 1. The largest absolute Gasteiger partial charge is 0.497 e.